The quantitative estimate of drug-likeness (QED) is 0.473. The van der Waals surface area contributed by atoms with Crippen LogP contribution in [0.2, 0.25) is 5.02 Å². The van der Waals surface area contributed by atoms with E-state index in [-0.39, 0.29) is 0 Å². The average Bonchev–Trinajstić information content (AvgIpc) is 2.38. The molecule has 0 aromatic heterocycles. The maximum Gasteiger partial charge on any atom is 0.328 e. The maximum atomic E-state index is 10.5. The molecule has 1 aromatic rings. The molecule has 0 heterocycles. The van der Waals surface area contributed by atoms with Gasteiger partial charge in [0.2, 0.25) is 0 Å². The fraction of sp³-hybridized carbons (Fsp3) is 0.214. The van der Waals surface area contributed by atoms with Crippen molar-refractivity contribution in [3.63, 3.8) is 0 Å². The summed E-state index contributed by atoms with van der Waals surface area (Å²) in [6.45, 7) is 4.05. The van der Waals surface area contributed by atoms with Gasteiger partial charge >= 0.3 is 5.97 Å². The highest BCUT2D eigenvalue weighted by molar-refractivity contribution is 6.32. The lowest BCUT2D eigenvalue weighted by Gasteiger charge is -2.12. The molecular formula is C14H15ClO4. The van der Waals surface area contributed by atoms with Gasteiger partial charge in [-0.05, 0) is 30.2 Å². The normalized spacial score (nSPS) is 10.4. The highest BCUT2D eigenvalue weighted by Gasteiger charge is 2.11. The Kier molecular flexibility index (Phi) is 5.96. The molecule has 0 radical (unpaired) electrons. The zero-order chi connectivity index (χ0) is 14.3. The summed E-state index contributed by atoms with van der Waals surface area (Å²) in [7, 11) is 1.50. The van der Waals surface area contributed by atoms with Crippen molar-refractivity contribution in [3.05, 3.63) is 41.4 Å². The second kappa shape index (κ2) is 7.48. The van der Waals surface area contributed by atoms with Crippen molar-refractivity contribution < 1.29 is 19.4 Å². The number of carbonyl (C=O) groups is 1. The predicted octanol–water partition coefficient (Wildman–Crippen LogP) is 3.40. The summed E-state index contributed by atoms with van der Waals surface area (Å²) in [5.41, 5.74) is 0.625. The third-order valence-electron chi connectivity index (χ3n) is 2.24. The second-order valence-electron chi connectivity index (χ2n) is 3.63. The molecule has 0 saturated heterocycles. The Bertz CT molecular complexity index is 494. The molecule has 1 rings (SSSR count). The average molecular weight is 283 g/mol. The number of hydrogen-bond donors (Lipinski definition) is 1. The van der Waals surface area contributed by atoms with Crippen molar-refractivity contribution in [3.8, 4) is 11.5 Å². The van der Waals surface area contributed by atoms with Crippen LogP contribution in [0, 0.1) is 0 Å². The third-order valence-corrected chi connectivity index (χ3v) is 2.52. The van der Waals surface area contributed by atoms with Crippen LogP contribution in [0.15, 0.2) is 30.9 Å². The summed E-state index contributed by atoms with van der Waals surface area (Å²) in [5.74, 6) is -0.124. The number of halogens is 1. The molecule has 0 fully saturated rings. The van der Waals surface area contributed by atoms with Crippen LogP contribution in [0.25, 0.3) is 6.08 Å². The zero-order valence-electron chi connectivity index (χ0n) is 10.6. The Morgan fingerprint density at radius 2 is 2.26 bits per heavy atom. The van der Waals surface area contributed by atoms with Gasteiger partial charge in [0.25, 0.3) is 0 Å². The van der Waals surface area contributed by atoms with Crippen LogP contribution in [0.1, 0.15) is 12.0 Å². The Balaban J connectivity index is 3.00. The maximum absolute atomic E-state index is 10.5. The zero-order valence-corrected chi connectivity index (χ0v) is 11.3. The molecule has 1 N–H and O–H groups in total. The molecule has 0 spiro atoms. The van der Waals surface area contributed by atoms with Crippen LogP contribution >= 0.6 is 11.6 Å². The molecule has 0 aliphatic heterocycles. The number of hydrogen-bond acceptors (Lipinski definition) is 3. The van der Waals surface area contributed by atoms with Crippen LogP contribution < -0.4 is 9.47 Å². The van der Waals surface area contributed by atoms with Gasteiger partial charge in [-0.15, -0.1) is 6.58 Å². The van der Waals surface area contributed by atoms with E-state index >= 15 is 0 Å². The Labute approximate surface area is 116 Å². The van der Waals surface area contributed by atoms with Gasteiger partial charge in [-0.1, -0.05) is 17.7 Å². The van der Waals surface area contributed by atoms with Crippen LogP contribution in [0.4, 0.5) is 0 Å². The molecule has 0 aliphatic carbocycles. The van der Waals surface area contributed by atoms with Crippen molar-refractivity contribution in [2.75, 3.05) is 13.7 Å². The summed E-state index contributed by atoms with van der Waals surface area (Å²) in [6.07, 6.45) is 4.90. The van der Waals surface area contributed by atoms with Gasteiger partial charge in [0.05, 0.1) is 18.7 Å². The Hall–Kier alpha value is -1.94. The van der Waals surface area contributed by atoms with Crippen molar-refractivity contribution >= 4 is 23.6 Å². The SMILES string of the molecule is C=CCCOc1c(Cl)cc(C=CC(=O)O)cc1OC. The van der Waals surface area contributed by atoms with E-state index in [1.807, 2.05) is 0 Å². The summed E-state index contributed by atoms with van der Waals surface area (Å²) in [5, 5.41) is 8.95. The molecule has 1 aromatic carbocycles. The number of aliphatic carboxylic acids is 1. The lowest BCUT2D eigenvalue weighted by molar-refractivity contribution is -0.131. The topological polar surface area (TPSA) is 55.8 Å². The largest absolute Gasteiger partial charge is 0.493 e. The molecule has 4 nitrogen and oxygen atoms in total. The number of ether oxygens (including phenoxy) is 2. The lowest BCUT2D eigenvalue weighted by Crippen LogP contribution is -1.99. The van der Waals surface area contributed by atoms with E-state index in [0.717, 1.165) is 6.08 Å². The molecular weight excluding hydrogens is 268 g/mol. The first kappa shape index (κ1) is 15.1. The highest BCUT2D eigenvalue weighted by atomic mass is 35.5. The molecule has 0 amide bonds. The van der Waals surface area contributed by atoms with Gasteiger partial charge < -0.3 is 14.6 Å². The first-order chi connectivity index (χ1) is 9.08. The van der Waals surface area contributed by atoms with Gasteiger partial charge in [0, 0.05) is 6.08 Å². The number of carboxylic acid groups (broad SMARTS) is 1. The van der Waals surface area contributed by atoms with E-state index in [4.69, 9.17) is 26.2 Å². The molecule has 19 heavy (non-hydrogen) atoms. The van der Waals surface area contributed by atoms with Crippen molar-refractivity contribution in [1.29, 1.82) is 0 Å². The van der Waals surface area contributed by atoms with Gasteiger partial charge in [-0.2, -0.15) is 0 Å². The van der Waals surface area contributed by atoms with Crippen molar-refractivity contribution in [2.45, 2.75) is 6.42 Å². The van der Waals surface area contributed by atoms with Gasteiger partial charge in [-0.25, -0.2) is 4.79 Å². The van der Waals surface area contributed by atoms with Crippen LogP contribution in [0.3, 0.4) is 0 Å². The molecule has 0 bridgehead atoms. The van der Waals surface area contributed by atoms with Crippen LogP contribution in [-0.4, -0.2) is 24.8 Å². The van der Waals surface area contributed by atoms with Gasteiger partial charge in [0.15, 0.2) is 11.5 Å². The molecule has 102 valence electrons. The van der Waals surface area contributed by atoms with E-state index in [0.29, 0.717) is 35.1 Å². The summed E-state index contributed by atoms with van der Waals surface area (Å²) < 4.78 is 10.7. The number of carboxylic acids is 1. The van der Waals surface area contributed by atoms with E-state index < -0.39 is 5.97 Å². The number of rotatable bonds is 7. The van der Waals surface area contributed by atoms with Crippen LogP contribution in [0.5, 0.6) is 11.5 Å². The van der Waals surface area contributed by atoms with Crippen molar-refractivity contribution in [1.82, 2.24) is 0 Å². The van der Waals surface area contributed by atoms with E-state index in [2.05, 4.69) is 6.58 Å². The second-order valence-corrected chi connectivity index (χ2v) is 4.04. The predicted molar refractivity (Wildman–Crippen MR) is 75.0 cm³/mol. The molecule has 0 unspecified atom stereocenters. The number of benzene rings is 1. The lowest BCUT2D eigenvalue weighted by atomic mass is 10.2. The highest BCUT2D eigenvalue weighted by Crippen LogP contribution is 2.36. The summed E-state index contributed by atoms with van der Waals surface area (Å²) in [4.78, 5) is 10.5. The van der Waals surface area contributed by atoms with Crippen LogP contribution in [-0.2, 0) is 4.79 Å². The first-order valence-corrected chi connectivity index (χ1v) is 5.98. The monoisotopic (exact) mass is 282 g/mol. The van der Waals surface area contributed by atoms with Gasteiger partial charge in [0.1, 0.15) is 0 Å². The van der Waals surface area contributed by atoms with E-state index in [1.165, 1.54) is 13.2 Å². The molecule has 5 heteroatoms. The van der Waals surface area contributed by atoms with E-state index in [9.17, 15) is 4.79 Å². The summed E-state index contributed by atoms with van der Waals surface area (Å²) in [6, 6.07) is 3.28. The minimum Gasteiger partial charge on any atom is -0.493 e. The van der Waals surface area contributed by atoms with E-state index in [1.54, 1.807) is 18.2 Å². The molecule has 0 atom stereocenters. The fourth-order valence-corrected chi connectivity index (χ4v) is 1.66. The smallest absolute Gasteiger partial charge is 0.328 e. The standard InChI is InChI=1S/C14H15ClO4/c1-3-4-7-19-14-11(15)8-10(5-6-13(16)17)9-12(14)18-2/h3,5-6,8-9H,1,4,7H2,2H3,(H,16,17). The van der Waals surface area contributed by atoms with Crippen molar-refractivity contribution in [2.24, 2.45) is 0 Å². The fourth-order valence-electron chi connectivity index (χ4n) is 1.39. The minimum absolute atomic E-state index is 0.369. The summed E-state index contributed by atoms with van der Waals surface area (Å²) >= 11 is 6.10. The van der Waals surface area contributed by atoms with Gasteiger partial charge in [-0.3, -0.25) is 0 Å². The minimum atomic E-state index is -1.03. The Morgan fingerprint density at radius 1 is 1.53 bits per heavy atom. The molecule has 0 saturated carbocycles. The molecule has 0 aliphatic rings. The first-order valence-electron chi connectivity index (χ1n) is 5.60. The Morgan fingerprint density at radius 3 is 2.84 bits per heavy atom. The number of methoxy groups -OCH3 is 1. The third kappa shape index (κ3) is 4.67.